The maximum atomic E-state index is 13.0. The minimum atomic E-state index is -3.76. The van der Waals surface area contributed by atoms with E-state index in [9.17, 15) is 13.2 Å². The molecule has 2 N–H and O–H groups in total. The van der Waals surface area contributed by atoms with Crippen molar-refractivity contribution in [2.75, 3.05) is 10.6 Å². The Morgan fingerprint density at radius 3 is 2.50 bits per heavy atom. The number of pyridine rings is 1. The molecule has 0 atom stereocenters. The summed E-state index contributed by atoms with van der Waals surface area (Å²) in [5.74, 6) is 0.553. The summed E-state index contributed by atoms with van der Waals surface area (Å²) in [6.45, 7) is 0. The summed E-state index contributed by atoms with van der Waals surface area (Å²) in [6, 6.07) is 20.7. The number of fused-ring (bicyclic) bond motifs is 1. The maximum Gasteiger partial charge on any atom is 0.269 e. The zero-order valence-corrected chi connectivity index (χ0v) is 18.5. The van der Waals surface area contributed by atoms with Gasteiger partial charge < -0.3 is 10.6 Å². The lowest BCUT2D eigenvalue weighted by molar-refractivity contribution is -0.105. The van der Waals surface area contributed by atoms with E-state index < -0.39 is 10.0 Å². The molecule has 5 aromatic rings. The average Bonchev–Trinajstić information content (AvgIpc) is 3.29. The number of hydrogen-bond donors (Lipinski definition) is 2. The van der Waals surface area contributed by atoms with Crippen molar-refractivity contribution >= 4 is 44.7 Å². The van der Waals surface area contributed by atoms with Gasteiger partial charge in [0.1, 0.15) is 12.1 Å². The highest BCUT2D eigenvalue weighted by Gasteiger charge is 2.19. The molecule has 34 heavy (non-hydrogen) atoms. The predicted molar refractivity (Wildman–Crippen MR) is 129 cm³/mol. The second kappa shape index (κ2) is 8.75. The lowest BCUT2D eigenvalue weighted by atomic mass is 10.1. The second-order valence-electron chi connectivity index (χ2n) is 7.32. The lowest BCUT2D eigenvalue weighted by Crippen LogP contribution is -2.12. The smallest absolute Gasteiger partial charge is 0.269 e. The Labute approximate surface area is 195 Å². The molecule has 0 aliphatic carbocycles. The Bertz CT molecular complexity index is 1600. The largest absolute Gasteiger partial charge is 0.340 e. The number of nitrogens with one attached hydrogen (secondary N) is 2. The van der Waals surface area contributed by atoms with Crippen LogP contribution in [-0.4, -0.2) is 33.8 Å². The van der Waals surface area contributed by atoms with Crippen molar-refractivity contribution in [1.82, 2.24) is 18.9 Å². The number of carbonyl (C=O) groups excluding carboxylic acids is 1. The molecule has 0 bridgehead atoms. The standard InChI is InChI=1S/C24H18N6O3S/c31-16-28-19-5-4-6-20(12-19)29-23-13-22(26-15-27-23)18-11-17-9-10-30(24(17)25-14-18)34(32,33)21-7-2-1-3-8-21/h1-16H,(H,28,31)(H,26,27,29). The van der Waals surface area contributed by atoms with E-state index in [1.807, 2.05) is 18.2 Å². The average molecular weight is 471 g/mol. The number of anilines is 3. The van der Waals surface area contributed by atoms with Crippen LogP contribution in [-0.2, 0) is 14.8 Å². The molecule has 0 unspecified atom stereocenters. The minimum Gasteiger partial charge on any atom is -0.340 e. The third-order valence-electron chi connectivity index (χ3n) is 5.12. The molecule has 3 aromatic heterocycles. The SMILES string of the molecule is O=CNc1cccc(Nc2cc(-c3cnc4c(ccn4S(=O)(=O)c4ccccc4)c3)ncn2)c1. The summed E-state index contributed by atoms with van der Waals surface area (Å²) < 4.78 is 27.2. The molecule has 0 aliphatic heterocycles. The Morgan fingerprint density at radius 2 is 1.68 bits per heavy atom. The Hall–Kier alpha value is -4.57. The van der Waals surface area contributed by atoms with Crippen molar-refractivity contribution in [1.29, 1.82) is 0 Å². The molecule has 0 aliphatic rings. The number of benzene rings is 2. The first-order chi connectivity index (χ1) is 16.5. The number of hydrogen-bond acceptors (Lipinski definition) is 7. The van der Waals surface area contributed by atoms with Crippen LogP contribution in [0.4, 0.5) is 17.2 Å². The lowest BCUT2D eigenvalue weighted by Gasteiger charge is -2.09. The van der Waals surface area contributed by atoms with Gasteiger partial charge in [0.05, 0.1) is 10.6 Å². The summed E-state index contributed by atoms with van der Waals surface area (Å²) in [5, 5.41) is 6.45. The van der Waals surface area contributed by atoms with Crippen LogP contribution in [0.5, 0.6) is 0 Å². The van der Waals surface area contributed by atoms with Gasteiger partial charge in [-0.3, -0.25) is 4.79 Å². The van der Waals surface area contributed by atoms with E-state index in [0.29, 0.717) is 40.2 Å². The van der Waals surface area contributed by atoms with Crippen molar-refractivity contribution in [3.05, 3.63) is 91.5 Å². The van der Waals surface area contributed by atoms with Crippen LogP contribution in [0, 0.1) is 0 Å². The van der Waals surface area contributed by atoms with Crippen molar-refractivity contribution in [3.63, 3.8) is 0 Å². The van der Waals surface area contributed by atoms with Gasteiger partial charge in [0, 0.05) is 40.8 Å². The molecule has 0 spiro atoms. The fourth-order valence-corrected chi connectivity index (χ4v) is 4.86. The van der Waals surface area contributed by atoms with E-state index in [0.717, 1.165) is 5.69 Å². The Morgan fingerprint density at radius 1 is 0.853 bits per heavy atom. The third kappa shape index (κ3) is 4.09. The molecule has 2 aromatic carbocycles. The zero-order chi connectivity index (χ0) is 23.5. The van der Waals surface area contributed by atoms with Crippen LogP contribution in [0.1, 0.15) is 0 Å². The predicted octanol–water partition coefficient (Wildman–Crippen LogP) is 4.04. The van der Waals surface area contributed by atoms with Crippen molar-refractivity contribution in [2.45, 2.75) is 4.90 Å². The molecule has 1 amide bonds. The number of nitrogens with zero attached hydrogens (tertiary/aromatic N) is 4. The molecule has 3 heterocycles. The molecule has 9 nitrogen and oxygen atoms in total. The molecule has 0 fully saturated rings. The molecule has 0 saturated heterocycles. The first-order valence-electron chi connectivity index (χ1n) is 10.2. The summed E-state index contributed by atoms with van der Waals surface area (Å²) >= 11 is 0. The monoisotopic (exact) mass is 470 g/mol. The van der Waals surface area contributed by atoms with E-state index in [1.165, 1.54) is 16.5 Å². The fourth-order valence-electron chi connectivity index (χ4n) is 3.53. The Kier molecular flexibility index (Phi) is 5.48. The number of aromatic nitrogens is 4. The highest BCUT2D eigenvalue weighted by molar-refractivity contribution is 7.90. The minimum absolute atomic E-state index is 0.192. The van der Waals surface area contributed by atoms with Crippen LogP contribution in [0.2, 0.25) is 0 Å². The van der Waals surface area contributed by atoms with Crippen LogP contribution in [0.3, 0.4) is 0 Å². The molecule has 0 saturated carbocycles. The van der Waals surface area contributed by atoms with Gasteiger partial charge >= 0.3 is 0 Å². The Balaban J connectivity index is 1.45. The topological polar surface area (TPSA) is 119 Å². The molecule has 0 radical (unpaired) electrons. The van der Waals surface area contributed by atoms with Crippen LogP contribution >= 0.6 is 0 Å². The summed E-state index contributed by atoms with van der Waals surface area (Å²) in [5.41, 5.74) is 3.06. The van der Waals surface area contributed by atoms with Crippen molar-refractivity contribution < 1.29 is 13.2 Å². The van der Waals surface area contributed by atoms with E-state index in [4.69, 9.17) is 0 Å². The van der Waals surface area contributed by atoms with Crippen molar-refractivity contribution in [2.24, 2.45) is 0 Å². The molecular formula is C24H18N6O3S. The second-order valence-corrected chi connectivity index (χ2v) is 9.14. The third-order valence-corrected chi connectivity index (χ3v) is 6.80. The van der Waals surface area contributed by atoms with Crippen LogP contribution in [0.15, 0.2) is 96.4 Å². The zero-order valence-electron chi connectivity index (χ0n) is 17.7. The van der Waals surface area contributed by atoms with E-state index in [2.05, 4.69) is 25.6 Å². The number of amides is 1. The van der Waals surface area contributed by atoms with Gasteiger partial charge in [0.25, 0.3) is 10.0 Å². The molecule has 10 heteroatoms. The van der Waals surface area contributed by atoms with Gasteiger partial charge in [-0.2, -0.15) is 0 Å². The van der Waals surface area contributed by atoms with Crippen LogP contribution in [0.25, 0.3) is 22.3 Å². The fraction of sp³-hybridized carbons (Fsp3) is 0. The quantitative estimate of drug-likeness (QED) is 0.345. The van der Waals surface area contributed by atoms with E-state index >= 15 is 0 Å². The van der Waals surface area contributed by atoms with Gasteiger partial charge in [0.15, 0.2) is 5.65 Å². The van der Waals surface area contributed by atoms with E-state index in [1.54, 1.807) is 60.8 Å². The molecular weight excluding hydrogens is 452 g/mol. The van der Waals surface area contributed by atoms with Gasteiger partial charge in [-0.15, -0.1) is 0 Å². The number of carbonyl (C=O) groups is 1. The normalized spacial score (nSPS) is 11.3. The van der Waals surface area contributed by atoms with Crippen LogP contribution < -0.4 is 10.6 Å². The van der Waals surface area contributed by atoms with Gasteiger partial charge in [0.2, 0.25) is 6.41 Å². The van der Waals surface area contributed by atoms with Gasteiger partial charge in [-0.05, 0) is 42.5 Å². The summed E-state index contributed by atoms with van der Waals surface area (Å²) in [6.07, 6.45) is 5.13. The van der Waals surface area contributed by atoms with Crippen molar-refractivity contribution in [3.8, 4) is 11.3 Å². The number of rotatable bonds is 7. The first-order valence-corrected chi connectivity index (χ1v) is 11.7. The highest BCUT2D eigenvalue weighted by Crippen LogP contribution is 2.26. The van der Waals surface area contributed by atoms with Gasteiger partial charge in [-0.1, -0.05) is 24.3 Å². The highest BCUT2D eigenvalue weighted by atomic mass is 32.2. The van der Waals surface area contributed by atoms with E-state index in [-0.39, 0.29) is 4.90 Å². The van der Waals surface area contributed by atoms with Gasteiger partial charge in [-0.25, -0.2) is 27.3 Å². The summed E-state index contributed by atoms with van der Waals surface area (Å²) in [4.78, 5) is 23.9. The first kappa shape index (κ1) is 21.3. The maximum absolute atomic E-state index is 13.0. The molecule has 5 rings (SSSR count). The molecule has 168 valence electrons. The summed E-state index contributed by atoms with van der Waals surface area (Å²) in [7, 11) is -3.76.